The van der Waals surface area contributed by atoms with Crippen LogP contribution >= 0.6 is 0 Å². The van der Waals surface area contributed by atoms with Crippen LogP contribution in [0.5, 0.6) is 0 Å². The Hall–Kier alpha value is -1.92. The van der Waals surface area contributed by atoms with E-state index in [1.807, 2.05) is 49.3 Å². The van der Waals surface area contributed by atoms with Crippen molar-refractivity contribution in [2.75, 3.05) is 33.7 Å². The lowest BCUT2D eigenvalue weighted by Crippen LogP contribution is -2.48. The highest BCUT2D eigenvalue weighted by Crippen LogP contribution is 2.06. The highest BCUT2D eigenvalue weighted by atomic mass is 16.5. The van der Waals surface area contributed by atoms with Crippen LogP contribution < -0.4 is 5.73 Å². The van der Waals surface area contributed by atoms with Gasteiger partial charge in [-0.15, -0.1) is 0 Å². The normalized spacial score (nSPS) is 12.3. The molecule has 1 rings (SSSR count). The van der Waals surface area contributed by atoms with Gasteiger partial charge in [0.2, 0.25) is 5.91 Å². The lowest BCUT2D eigenvalue weighted by atomic mass is 10.1. The zero-order chi connectivity index (χ0) is 18.8. The van der Waals surface area contributed by atoms with Gasteiger partial charge < -0.3 is 20.3 Å². The monoisotopic (exact) mass is 349 g/mol. The number of nitrogens with two attached hydrogens (primary N) is 1. The van der Waals surface area contributed by atoms with E-state index in [-0.39, 0.29) is 18.9 Å². The molecule has 6 heteroatoms. The van der Waals surface area contributed by atoms with Crippen molar-refractivity contribution in [2.45, 2.75) is 32.9 Å². The fourth-order valence-corrected chi connectivity index (χ4v) is 2.35. The predicted octanol–water partition coefficient (Wildman–Crippen LogP) is 1.49. The Balaban J connectivity index is 2.51. The van der Waals surface area contributed by atoms with E-state index < -0.39 is 12.0 Å². The van der Waals surface area contributed by atoms with E-state index >= 15 is 0 Å². The first-order valence-electron chi connectivity index (χ1n) is 8.68. The van der Waals surface area contributed by atoms with Gasteiger partial charge in [0.15, 0.2) is 0 Å². The van der Waals surface area contributed by atoms with Crippen molar-refractivity contribution in [1.29, 1.82) is 0 Å². The first-order chi connectivity index (χ1) is 11.8. The van der Waals surface area contributed by atoms with Crippen molar-refractivity contribution >= 4 is 11.9 Å². The van der Waals surface area contributed by atoms with Crippen molar-refractivity contribution in [3.05, 3.63) is 35.9 Å². The van der Waals surface area contributed by atoms with Crippen LogP contribution in [-0.4, -0.2) is 61.4 Å². The van der Waals surface area contributed by atoms with Gasteiger partial charge in [0.1, 0.15) is 6.61 Å². The maximum absolute atomic E-state index is 12.6. The van der Waals surface area contributed by atoms with E-state index in [0.717, 1.165) is 12.1 Å². The van der Waals surface area contributed by atoms with Crippen LogP contribution in [0, 0.1) is 5.92 Å². The van der Waals surface area contributed by atoms with Crippen molar-refractivity contribution < 1.29 is 14.3 Å². The molecule has 1 atom stereocenters. The van der Waals surface area contributed by atoms with Crippen LogP contribution in [0.2, 0.25) is 0 Å². The highest BCUT2D eigenvalue weighted by molar-refractivity contribution is 5.86. The number of hydrogen-bond acceptors (Lipinski definition) is 5. The molecule has 1 aromatic carbocycles. The molecule has 0 bridgehead atoms. The minimum absolute atomic E-state index is 0.109. The average molecular weight is 349 g/mol. The van der Waals surface area contributed by atoms with E-state index in [4.69, 9.17) is 10.5 Å². The average Bonchev–Trinajstić information content (AvgIpc) is 2.56. The fraction of sp³-hybridized carbons (Fsp3) is 0.579. The molecule has 0 unspecified atom stereocenters. The molecule has 0 saturated carbocycles. The Labute approximate surface area is 150 Å². The van der Waals surface area contributed by atoms with Gasteiger partial charge in [-0.1, -0.05) is 44.2 Å². The maximum atomic E-state index is 12.6. The zero-order valence-electron chi connectivity index (χ0n) is 15.8. The van der Waals surface area contributed by atoms with Crippen LogP contribution in [0.1, 0.15) is 25.8 Å². The molecule has 140 valence electrons. The second-order valence-corrected chi connectivity index (χ2v) is 6.94. The van der Waals surface area contributed by atoms with E-state index in [1.165, 1.54) is 0 Å². The van der Waals surface area contributed by atoms with Gasteiger partial charge >= 0.3 is 5.97 Å². The predicted molar refractivity (Wildman–Crippen MR) is 98.8 cm³/mol. The molecule has 0 aliphatic carbocycles. The van der Waals surface area contributed by atoms with E-state index in [1.54, 1.807) is 4.90 Å². The number of carbonyl (C=O) groups excluding carboxylic acids is 2. The summed E-state index contributed by atoms with van der Waals surface area (Å²) >= 11 is 0. The standard InChI is InChI=1S/C19H31N3O3/c1-15(2)13-22(11-10-21(3)4)19(24)17(20)12-18(23)25-14-16-8-6-5-7-9-16/h5-9,15,17H,10-14,20H2,1-4H3/t17-/m0/s1. The summed E-state index contributed by atoms with van der Waals surface area (Å²) in [6, 6.07) is 8.55. The molecule has 0 radical (unpaired) electrons. The smallest absolute Gasteiger partial charge is 0.308 e. The summed E-state index contributed by atoms with van der Waals surface area (Å²) < 4.78 is 5.21. The summed E-state index contributed by atoms with van der Waals surface area (Å²) in [5, 5.41) is 0. The van der Waals surface area contributed by atoms with Gasteiger partial charge in [-0.2, -0.15) is 0 Å². The molecule has 0 fully saturated rings. The number of carbonyl (C=O) groups is 2. The largest absolute Gasteiger partial charge is 0.461 e. The lowest BCUT2D eigenvalue weighted by molar-refractivity contribution is -0.148. The third-order valence-electron chi connectivity index (χ3n) is 3.66. The Bertz CT molecular complexity index is 532. The van der Waals surface area contributed by atoms with Crippen LogP contribution in [0.4, 0.5) is 0 Å². The lowest BCUT2D eigenvalue weighted by Gasteiger charge is -2.28. The second-order valence-electron chi connectivity index (χ2n) is 6.94. The Morgan fingerprint density at radius 3 is 2.32 bits per heavy atom. The minimum Gasteiger partial charge on any atom is -0.461 e. The number of amides is 1. The van der Waals surface area contributed by atoms with Gasteiger partial charge in [-0.05, 0) is 25.6 Å². The van der Waals surface area contributed by atoms with Gasteiger partial charge in [0.25, 0.3) is 0 Å². The molecule has 0 aliphatic heterocycles. The van der Waals surface area contributed by atoms with Crippen LogP contribution in [0.25, 0.3) is 0 Å². The molecule has 0 spiro atoms. The number of nitrogens with zero attached hydrogens (tertiary/aromatic N) is 2. The van der Waals surface area contributed by atoms with Crippen LogP contribution in [-0.2, 0) is 20.9 Å². The number of likely N-dealkylation sites (N-methyl/N-ethyl adjacent to an activating group) is 1. The highest BCUT2D eigenvalue weighted by Gasteiger charge is 2.24. The van der Waals surface area contributed by atoms with E-state index in [0.29, 0.717) is 19.0 Å². The summed E-state index contributed by atoms with van der Waals surface area (Å²) in [4.78, 5) is 28.3. The zero-order valence-corrected chi connectivity index (χ0v) is 15.8. The summed E-state index contributed by atoms with van der Waals surface area (Å²) in [6.07, 6.45) is -0.109. The molecule has 0 heterocycles. The van der Waals surface area contributed by atoms with Crippen LogP contribution in [0.3, 0.4) is 0 Å². The van der Waals surface area contributed by atoms with E-state index in [9.17, 15) is 9.59 Å². The number of ether oxygens (including phenoxy) is 1. The van der Waals surface area contributed by atoms with Gasteiger partial charge in [-0.3, -0.25) is 9.59 Å². The Morgan fingerprint density at radius 2 is 1.76 bits per heavy atom. The number of rotatable bonds is 10. The molecule has 0 aliphatic rings. The third kappa shape index (κ3) is 8.65. The summed E-state index contributed by atoms with van der Waals surface area (Å²) in [5.41, 5.74) is 6.87. The summed E-state index contributed by atoms with van der Waals surface area (Å²) in [6.45, 7) is 6.27. The third-order valence-corrected chi connectivity index (χ3v) is 3.66. The molecule has 0 aromatic heterocycles. The molecule has 25 heavy (non-hydrogen) atoms. The molecule has 1 amide bonds. The van der Waals surface area contributed by atoms with Gasteiger partial charge in [0, 0.05) is 19.6 Å². The minimum atomic E-state index is -0.871. The van der Waals surface area contributed by atoms with Crippen molar-refractivity contribution in [3.8, 4) is 0 Å². The first-order valence-corrected chi connectivity index (χ1v) is 8.68. The molecule has 1 aromatic rings. The van der Waals surface area contributed by atoms with Crippen molar-refractivity contribution in [3.63, 3.8) is 0 Å². The quantitative estimate of drug-likeness (QED) is 0.648. The fourth-order valence-electron chi connectivity index (χ4n) is 2.35. The molecule has 0 saturated heterocycles. The topological polar surface area (TPSA) is 75.9 Å². The summed E-state index contributed by atoms with van der Waals surface area (Å²) in [5.74, 6) is -0.322. The molecular weight excluding hydrogens is 318 g/mol. The number of hydrogen-bond donors (Lipinski definition) is 1. The maximum Gasteiger partial charge on any atom is 0.308 e. The van der Waals surface area contributed by atoms with Crippen LogP contribution in [0.15, 0.2) is 30.3 Å². The Kier molecular flexibility index (Phi) is 9.16. The van der Waals surface area contributed by atoms with E-state index in [2.05, 4.69) is 13.8 Å². The summed E-state index contributed by atoms with van der Waals surface area (Å²) in [7, 11) is 3.91. The van der Waals surface area contributed by atoms with Gasteiger partial charge in [-0.25, -0.2) is 0 Å². The first kappa shape index (κ1) is 21.1. The van der Waals surface area contributed by atoms with Gasteiger partial charge in [0.05, 0.1) is 12.5 Å². The van der Waals surface area contributed by atoms with Crippen molar-refractivity contribution in [2.24, 2.45) is 11.7 Å². The second kappa shape index (κ2) is 10.8. The SMILES string of the molecule is CC(C)CN(CCN(C)C)C(=O)[C@@H](N)CC(=O)OCc1ccccc1. The Morgan fingerprint density at radius 1 is 1.12 bits per heavy atom. The number of benzene rings is 1. The molecule has 6 nitrogen and oxygen atoms in total. The number of esters is 1. The molecular formula is C19H31N3O3. The molecule has 2 N–H and O–H groups in total. The van der Waals surface area contributed by atoms with Crippen molar-refractivity contribution in [1.82, 2.24) is 9.80 Å².